The second-order valence-corrected chi connectivity index (χ2v) is 6.02. The number of fused-ring (bicyclic) bond motifs is 1. The molecule has 3 rings (SSSR count). The monoisotopic (exact) mass is 317 g/mol. The summed E-state index contributed by atoms with van der Waals surface area (Å²) in [7, 11) is 0. The standard InChI is InChI=1S/C17H23N3O3/c1-3-12(4-2)16(21)20-9-7-19(8-10-20)13-5-6-14-15(11-13)23-17(22)18-14/h5-6,11-12H,3-4,7-10H2,1-2H3,(H,18,22). The summed E-state index contributed by atoms with van der Waals surface area (Å²) in [5, 5.41) is 0. The molecule has 1 aromatic heterocycles. The zero-order chi connectivity index (χ0) is 16.4. The van der Waals surface area contributed by atoms with E-state index in [1.165, 1.54) is 0 Å². The van der Waals surface area contributed by atoms with Crippen LogP contribution in [-0.2, 0) is 4.79 Å². The van der Waals surface area contributed by atoms with Gasteiger partial charge in [0.1, 0.15) is 0 Å². The third kappa shape index (κ3) is 3.11. The smallest absolute Gasteiger partial charge is 0.408 e. The molecule has 0 atom stereocenters. The van der Waals surface area contributed by atoms with Gasteiger partial charge in [-0.3, -0.25) is 9.78 Å². The number of hydrogen-bond donors (Lipinski definition) is 1. The van der Waals surface area contributed by atoms with Crippen molar-refractivity contribution in [3.63, 3.8) is 0 Å². The summed E-state index contributed by atoms with van der Waals surface area (Å²) in [4.78, 5) is 30.5. The SMILES string of the molecule is CCC(CC)C(=O)N1CCN(c2ccc3[nH]c(=O)oc3c2)CC1. The number of nitrogens with zero attached hydrogens (tertiary/aromatic N) is 2. The van der Waals surface area contributed by atoms with Gasteiger partial charge in [0.2, 0.25) is 5.91 Å². The molecule has 0 radical (unpaired) electrons. The van der Waals surface area contributed by atoms with Crippen LogP contribution in [0.1, 0.15) is 26.7 Å². The Morgan fingerprint density at radius 1 is 1.22 bits per heavy atom. The predicted octanol–water partition coefficient (Wildman–Crippen LogP) is 2.21. The molecule has 0 unspecified atom stereocenters. The lowest BCUT2D eigenvalue weighted by Gasteiger charge is -2.37. The minimum Gasteiger partial charge on any atom is -0.408 e. The maximum atomic E-state index is 12.4. The van der Waals surface area contributed by atoms with E-state index in [1.54, 1.807) is 0 Å². The number of anilines is 1. The van der Waals surface area contributed by atoms with Crippen molar-refractivity contribution in [3.8, 4) is 0 Å². The minimum atomic E-state index is -0.433. The number of benzene rings is 1. The van der Waals surface area contributed by atoms with Crippen molar-refractivity contribution >= 4 is 22.7 Å². The lowest BCUT2D eigenvalue weighted by molar-refractivity contribution is -0.136. The molecule has 1 fully saturated rings. The molecule has 6 heteroatoms. The normalized spacial score (nSPS) is 15.6. The molecule has 0 spiro atoms. The zero-order valence-corrected chi connectivity index (χ0v) is 13.7. The molecule has 2 aromatic rings. The molecule has 0 bridgehead atoms. The van der Waals surface area contributed by atoms with Crippen molar-refractivity contribution in [1.82, 2.24) is 9.88 Å². The van der Waals surface area contributed by atoms with E-state index in [0.29, 0.717) is 11.1 Å². The first-order chi connectivity index (χ1) is 11.1. The summed E-state index contributed by atoms with van der Waals surface area (Å²) in [5.41, 5.74) is 2.30. The summed E-state index contributed by atoms with van der Waals surface area (Å²) < 4.78 is 5.12. The Balaban J connectivity index is 1.68. The van der Waals surface area contributed by atoms with Crippen LogP contribution in [0.25, 0.3) is 11.1 Å². The molecule has 6 nitrogen and oxygen atoms in total. The quantitative estimate of drug-likeness (QED) is 0.938. The number of rotatable bonds is 4. The van der Waals surface area contributed by atoms with E-state index in [0.717, 1.165) is 44.7 Å². The molecule has 1 N–H and O–H groups in total. The molecular formula is C17H23N3O3. The third-order valence-electron chi connectivity index (χ3n) is 4.70. The first-order valence-corrected chi connectivity index (χ1v) is 8.29. The van der Waals surface area contributed by atoms with E-state index in [4.69, 9.17) is 4.42 Å². The van der Waals surface area contributed by atoms with Gasteiger partial charge in [-0.05, 0) is 25.0 Å². The molecule has 1 aliphatic heterocycles. The van der Waals surface area contributed by atoms with Gasteiger partial charge < -0.3 is 14.2 Å². The van der Waals surface area contributed by atoms with Gasteiger partial charge in [-0.2, -0.15) is 0 Å². The fraction of sp³-hybridized carbons (Fsp3) is 0.529. The average Bonchev–Trinajstić information content (AvgIpc) is 2.95. The highest BCUT2D eigenvalue weighted by molar-refractivity contribution is 5.79. The Hall–Kier alpha value is -2.24. The second kappa shape index (κ2) is 6.48. The molecule has 1 amide bonds. The number of H-pyrrole nitrogens is 1. The van der Waals surface area contributed by atoms with Crippen molar-refractivity contribution < 1.29 is 9.21 Å². The Morgan fingerprint density at radius 2 is 1.91 bits per heavy atom. The number of amides is 1. The van der Waals surface area contributed by atoms with E-state index in [2.05, 4.69) is 23.7 Å². The maximum absolute atomic E-state index is 12.4. The van der Waals surface area contributed by atoms with Crippen molar-refractivity contribution in [2.75, 3.05) is 31.1 Å². The van der Waals surface area contributed by atoms with Crippen LogP contribution < -0.4 is 10.7 Å². The van der Waals surface area contributed by atoms with E-state index >= 15 is 0 Å². The Labute approximate surface area is 135 Å². The Morgan fingerprint density at radius 3 is 2.57 bits per heavy atom. The number of hydrogen-bond acceptors (Lipinski definition) is 4. The van der Waals surface area contributed by atoms with Crippen LogP contribution in [0.2, 0.25) is 0 Å². The Bertz CT molecular complexity index is 737. The molecular weight excluding hydrogens is 294 g/mol. The maximum Gasteiger partial charge on any atom is 0.417 e. The van der Waals surface area contributed by atoms with E-state index in [-0.39, 0.29) is 11.8 Å². The van der Waals surface area contributed by atoms with Gasteiger partial charge in [-0.25, -0.2) is 4.79 Å². The number of piperazine rings is 1. The first kappa shape index (κ1) is 15.6. The molecule has 23 heavy (non-hydrogen) atoms. The van der Waals surface area contributed by atoms with Crippen molar-refractivity contribution in [3.05, 3.63) is 28.7 Å². The Kier molecular flexibility index (Phi) is 4.41. The summed E-state index contributed by atoms with van der Waals surface area (Å²) >= 11 is 0. The largest absolute Gasteiger partial charge is 0.417 e. The van der Waals surface area contributed by atoms with Gasteiger partial charge in [0.25, 0.3) is 0 Å². The lowest BCUT2D eigenvalue weighted by Crippen LogP contribution is -2.50. The van der Waals surface area contributed by atoms with Gasteiger partial charge in [-0.1, -0.05) is 13.8 Å². The van der Waals surface area contributed by atoms with Crippen LogP contribution in [0, 0.1) is 5.92 Å². The van der Waals surface area contributed by atoms with E-state index < -0.39 is 5.76 Å². The van der Waals surface area contributed by atoms with E-state index in [9.17, 15) is 9.59 Å². The van der Waals surface area contributed by atoms with E-state index in [1.807, 2.05) is 23.1 Å². The van der Waals surface area contributed by atoms with Crippen LogP contribution in [-0.4, -0.2) is 42.0 Å². The first-order valence-electron chi connectivity index (χ1n) is 8.29. The molecule has 1 aliphatic rings. The lowest BCUT2D eigenvalue weighted by atomic mass is 10.0. The van der Waals surface area contributed by atoms with Crippen molar-refractivity contribution in [2.45, 2.75) is 26.7 Å². The van der Waals surface area contributed by atoms with Crippen LogP contribution >= 0.6 is 0 Å². The van der Waals surface area contributed by atoms with Crippen LogP contribution in [0.4, 0.5) is 5.69 Å². The molecule has 0 saturated carbocycles. The molecule has 124 valence electrons. The highest BCUT2D eigenvalue weighted by atomic mass is 16.4. The van der Waals surface area contributed by atoms with Gasteiger partial charge in [0.15, 0.2) is 5.58 Å². The third-order valence-corrected chi connectivity index (χ3v) is 4.70. The highest BCUT2D eigenvalue weighted by Crippen LogP contribution is 2.22. The van der Waals surface area contributed by atoms with Crippen molar-refractivity contribution in [2.24, 2.45) is 5.92 Å². The minimum absolute atomic E-state index is 0.145. The van der Waals surface area contributed by atoms with Gasteiger partial charge in [0.05, 0.1) is 5.52 Å². The number of nitrogens with one attached hydrogen (secondary N) is 1. The number of carbonyl (C=O) groups is 1. The van der Waals surface area contributed by atoms with Gasteiger partial charge in [-0.15, -0.1) is 0 Å². The van der Waals surface area contributed by atoms with Gasteiger partial charge >= 0.3 is 5.76 Å². The van der Waals surface area contributed by atoms with Crippen LogP contribution in [0.5, 0.6) is 0 Å². The summed E-state index contributed by atoms with van der Waals surface area (Å²) in [6.45, 7) is 7.22. The zero-order valence-electron chi connectivity index (χ0n) is 13.7. The number of carbonyl (C=O) groups excluding carboxylic acids is 1. The number of oxazole rings is 1. The topological polar surface area (TPSA) is 69.6 Å². The molecule has 1 saturated heterocycles. The summed E-state index contributed by atoms with van der Waals surface area (Å²) in [6.07, 6.45) is 1.80. The van der Waals surface area contributed by atoms with Crippen LogP contribution in [0.3, 0.4) is 0 Å². The fourth-order valence-electron chi connectivity index (χ4n) is 3.21. The fourth-order valence-corrected chi connectivity index (χ4v) is 3.21. The average molecular weight is 317 g/mol. The molecule has 2 heterocycles. The molecule has 1 aromatic carbocycles. The number of aromatic amines is 1. The predicted molar refractivity (Wildman–Crippen MR) is 89.7 cm³/mol. The summed E-state index contributed by atoms with van der Waals surface area (Å²) in [6, 6.07) is 5.72. The van der Waals surface area contributed by atoms with Crippen LogP contribution in [0.15, 0.2) is 27.4 Å². The summed E-state index contributed by atoms with van der Waals surface area (Å²) in [5.74, 6) is -0.00787. The molecule has 0 aliphatic carbocycles. The number of aromatic nitrogens is 1. The van der Waals surface area contributed by atoms with Gasteiger partial charge in [0, 0.05) is 43.9 Å². The second-order valence-electron chi connectivity index (χ2n) is 6.02. The highest BCUT2D eigenvalue weighted by Gasteiger charge is 2.25. The van der Waals surface area contributed by atoms with Crippen molar-refractivity contribution in [1.29, 1.82) is 0 Å².